The Bertz CT molecular complexity index is 173. The molecule has 2 unspecified atom stereocenters. The Morgan fingerprint density at radius 3 is 2.92 bits per heavy atom. The van der Waals surface area contributed by atoms with Crippen molar-refractivity contribution in [1.29, 1.82) is 0 Å². The minimum absolute atomic E-state index is 0.202. The summed E-state index contributed by atoms with van der Waals surface area (Å²) in [6, 6.07) is 0. The van der Waals surface area contributed by atoms with E-state index in [1.54, 1.807) is 7.11 Å². The molecule has 1 aliphatic carbocycles. The van der Waals surface area contributed by atoms with Crippen LogP contribution in [0.1, 0.15) is 33.1 Å². The van der Waals surface area contributed by atoms with Gasteiger partial charge >= 0.3 is 0 Å². The van der Waals surface area contributed by atoms with E-state index in [-0.39, 0.29) is 11.3 Å². The molecule has 0 aromatic heterocycles. The largest absolute Gasteiger partial charge is 0.384 e. The highest BCUT2D eigenvalue weighted by Gasteiger charge is 2.38. The Morgan fingerprint density at radius 1 is 1.67 bits per heavy atom. The Balaban J connectivity index is 2.67. The van der Waals surface area contributed by atoms with Crippen molar-refractivity contribution in [1.82, 2.24) is 0 Å². The van der Waals surface area contributed by atoms with E-state index in [4.69, 9.17) is 4.74 Å². The molecule has 2 atom stereocenters. The maximum atomic E-state index is 11.8. The summed E-state index contributed by atoms with van der Waals surface area (Å²) in [5.74, 6) is 0.620. The molecule has 0 bridgehead atoms. The van der Waals surface area contributed by atoms with E-state index in [1.807, 2.05) is 13.8 Å². The van der Waals surface area contributed by atoms with E-state index in [0.717, 1.165) is 19.3 Å². The molecule has 1 aliphatic rings. The first-order valence-electron chi connectivity index (χ1n) is 4.63. The van der Waals surface area contributed by atoms with Crippen molar-refractivity contribution in [2.75, 3.05) is 13.7 Å². The highest BCUT2D eigenvalue weighted by Crippen LogP contribution is 2.35. The zero-order chi connectivity index (χ0) is 9.19. The van der Waals surface area contributed by atoms with Gasteiger partial charge in [0, 0.05) is 18.4 Å². The number of hydrogen-bond donors (Lipinski definition) is 0. The smallest absolute Gasteiger partial charge is 0.143 e. The Morgan fingerprint density at radius 2 is 2.33 bits per heavy atom. The van der Waals surface area contributed by atoms with Crippen molar-refractivity contribution in [3.05, 3.63) is 0 Å². The van der Waals surface area contributed by atoms with Gasteiger partial charge in [0.2, 0.25) is 0 Å². The van der Waals surface area contributed by atoms with Gasteiger partial charge in [0.05, 0.1) is 6.61 Å². The lowest BCUT2D eigenvalue weighted by molar-refractivity contribution is -0.137. The minimum atomic E-state index is -0.202. The van der Waals surface area contributed by atoms with Gasteiger partial charge < -0.3 is 4.74 Å². The highest BCUT2D eigenvalue weighted by molar-refractivity contribution is 5.87. The quantitative estimate of drug-likeness (QED) is 0.634. The molecule has 1 rings (SSSR count). The van der Waals surface area contributed by atoms with Crippen molar-refractivity contribution < 1.29 is 9.53 Å². The summed E-state index contributed by atoms with van der Waals surface area (Å²) in [4.78, 5) is 11.8. The summed E-state index contributed by atoms with van der Waals surface area (Å²) in [5, 5.41) is 0. The first kappa shape index (κ1) is 9.72. The number of carbonyl (C=O) groups is 1. The molecule has 0 spiro atoms. The molecule has 0 heterocycles. The molecule has 1 saturated carbocycles. The van der Waals surface area contributed by atoms with Gasteiger partial charge in [0.1, 0.15) is 5.78 Å². The fourth-order valence-corrected chi connectivity index (χ4v) is 2.11. The van der Waals surface area contributed by atoms with E-state index < -0.39 is 0 Å². The summed E-state index contributed by atoms with van der Waals surface area (Å²) in [7, 11) is 1.66. The molecule has 2 heteroatoms. The fraction of sp³-hybridized carbons (Fsp3) is 0.900. The van der Waals surface area contributed by atoms with Crippen molar-refractivity contribution >= 4 is 5.78 Å². The SMILES string of the molecule is COCC1(C)CCCC(C)C1=O. The number of hydrogen-bond acceptors (Lipinski definition) is 2. The molecule has 0 aliphatic heterocycles. The highest BCUT2D eigenvalue weighted by atomic mass is 16.5. The molecule has 0 N–H and O–H groups in total. The fourth-order valence-electron chi connectivity index (χ4n) is 2.11. The lowest BCUT2D eigenvalue weighted by atomic mass is 9.71. The standard InChI is InChI=1S/C10H18O2/c1-8-5-4-6-10(2,7-12-3)9(8)11/h8H,4-7H2,1-3H3. The molecule has 12 heavy (non-hydrogen) atoms. The molecule has 70 valence electrons. The second kappa shape index (κ2) is 3.56. The summed E-state index contributed by atoms with van der Waals surface area (Å²) in [6.45, 7) is 4.63. The van der Waals surface area contributed by atoms with E-state index in [9.17, 15) is 4.79 Å². The van der Waals surface area contributed by atoms with Crippen molar-refractivity contribution in [2.45, 2.75) is 33.1 Å². The van der Waals surface area contributed by atoms with Gasteiger partial charge in [0.25, 0.3) is 0 Å². The Labute approximate surface area is 74.3 Å². The molecule has 1 fully saturated rings. The van der Waals surface area contributed by atoms with E-state index in [1.165, 1.54) is 0 Å². The van der Waals surface area contributed by atoms with E-state index in [0.29, 0.717) is 12.4 Å². The second-order valence-corrected chi connectivity index (χ2v) is 4.15. The van der Waals surface area contributed by atoms with Crippen LogP contribution in [0.2, 0.25) is 0 Å². The zero-order valence-electron chi connectivity index (χ0n) is 8.22. The van der Waals surface area contributed by atoms with Crippen molar-refractivity contribution in [3.8, 4) is 0 Å². The van der Waals surface area contributed by atoms with Crippen LogP contribution in [0.5, 0.6) is 0 Å². The normalized spacial score (nSPS) is 36.9. The third-order valence-electron chi connectivity index (χ3n) is 2.87. The number of rotatable bonds is 2. The molecule has 0 aromatic carbocycles. The zero-order valence-corrected chi connectivity index (χ0v) is 8.22. The summed E-state index contributed by atoms with van der Waals surface area (Å²) >= 11 is 0. The van der Waals surface area contributed by atoms with E-state index in [2.05, 4.69) is 0 Å². The van der Waals surface area contributed by atoms with Crippen LogP contribution in [0, 0.1) is 11.3 Å². The van der Waals surface area contributed by atoms with Crippen molar-refractivity contribution in [3.63, 3.8) is 0 Å². The third-order valence-corrected chi connectivity index (χ3v) is 2.87. The van der Waals surface area contributed by atoms with Crippen LogP contribution in [0.15, 0.2) is 0 Å². The second-order valence-electron chi connectivity index (χ2n) is 4.15. The molecule has 2 nitrogen and oxygen atoms in total. The summed E-state index contributed by atoms with van der Waals surface area (Å²) in [5.41, 5.74) is -0.202. The lowest BCUT2D eigenvalue weighted by Gasteiger charge is -2.34. The summed E-state index contributed by atoms with van der Waals surface area (Å²) in [6.07, 6.45) is 3.20. The van der Waals surface area contributed by atoms with Crippen LogP contribution in [0.25, 0.3) is 0 Å². The minimum Gasteiger partial charge on any atom is -0.384 e. The molecular formula is C10H18O2. The van der Waals surface area contributed by atoms with Crippen LogP contribution in [-0.2, 0) is 9.53 Å². The van der Waals surface area contributed by atoms with Gasteiger partial charge in [-0.25, -0.2) is 0 Å². The van der Waals surface area contributed by atoms with Crippen LogP contribution >= 0.6 is 0 Å². The number of ether oxygens (including phenoxy) is 1. The average molecular weight is 170 g/mol. The molecule has 0 amide bonds. The number of methoxy groups -OCH3 is 1. The average Bonchev–Trinajstić information content (AvgIpc) is 2.01. The first-order chi connectivity index (χ1) is 5.60. The van der Waals surface area contributed by atoms with E-state index >= 15 is 0 Å². The lowest BCUT2D eigenvalue weighted by Crippen LogP contribution is -2.39. The maximum absolute atomic E-state index is 11.8. The number of Topliss-reactive ketones (excluding diaryl/α,β-unsaturated/α-hetero) is 1. The van der Waals surface area contributed by atoms with Crippen LogP contribution in [0.3, 0.4) is 0 Å². The molecular weight excluding hydrogens is 152 g/mol. The molecule has 0 aromatic rings. The van der Waals surface area contributed by atoms with Gasteiger partial charge in [-0.2, -0.15) is 0 Å². The van der Waals surface area contributed by atoms with Gasteiger partial charge in [0.15, 0.2) is 0 Å². The predicted molar refractivity (Wildman–Crippen MR) is 48.0 cm³/mol. The maximum Gasteiger partial charge on any atom is 0.143 e. The van der Waals surface area contributed by atoms with Crippen LogP contribution in [-0.4, -0.2) is 19.5 Å². The Hall–Kier alpha value is -0.370. The number of ketones is 1. The van der Waals surface area contributed by atoms with Gasteiger partial charge in [-0.15, -0.1) is 0 Å². The number of carbonyl (C=O) groups excluding carboxylic acids is 1. The van der Waals surface area contributed by atoms with Crippen LogP contribution in [0.4, 0.5) is 0 Å². The van der Waals surface area contributed by atoms with Gasteiger partial charge in [-0.3, -0.25) is 4.79 Å². The molecule has 0 radical (unpaired) electrons. The third kappa shape index (κ3) is 1.69. The summed E-state index contributed by atoms with van der Waals surface area (Å²) < 4.78 is 5.08. The molecule has 0 saturated heterocycles. The first-order valence-corrected chi connectivity index (χ1v) is 4.63. The van der Waals surface area contributed by atoms with Gasteiger partial charge in [-0.1, -0.05) is 20.3 Å². The topological polar surface area (TPSA) is 26.3 Å². The van der Waals surface area contributed by atoms with Crippen LogP contribution < -0.4 is 0 Å². The van der Waals surface area contributed by atoms with Crippen molar-refractivity contribution in [2.24, 2.45) is 11.3 Å². The monoisotopic (exact) mass is 170 g/mol. The predicted octanol–water partition coefficient (Wildman–Crippen LogP) is 2.03. The van der Waals surface area contributed by atoms with Gasteiger partial charge in [-0.05, 0) is 12.8 Å². The Kier molecular flexibility index (Phi) is 2.89.